The second kappa shape index (κ2) is 7.73. The van der Waals surface area contributed by atoms with Crippen molar-refractivity contribution in [2.75, 3.05) is 33.2 Å². The first-order valence-corrected chi connectivity index (χ1v) is 6.19. The summed E-state index contributed by atoms with van der Waals surface area (Å²) in [6, 6.07) is 0. The molecule has 1 saturated heterocycles. The van der Waals surface area contributed by atoms with Crippen LogP contribution in [0.1, 0.15) is 32.6 Å². The Morgan fingerprint density at radius 1 is 1.27 bits per heavy atom. The van der Waals surface area contributed by atoms with Crippen molar-refractivity contribution < 1.29 is 0 Å². The summed E-state index contributed by atoms with van der Waals surface area (Å²) < 4.78 is 0. The van der Waals surface area contributed by atoms with Gasteiger partial charge >= 0.3 is 0 Å². The number of hydrogen-bond acceptors (Lipinski definition) is 2. The Hall–Kier alpha value is -0.520. The molecular formula is C13H24N2. The van der Waals surface area contributed by atoms with Gasteiger partial charge in [0.1, 0.15) is 0 Å². The molecule has 1 rings (SSSR count). The second-order valence-corrected chi connectivity index (χ2v) is 4.30. The fraction of sp³-hybridized carbons (Fsp3) is 0.846. The summed E-state index contributed by atoms with van der Waals surface area (Å²) in [5, 5.41) is 3.27. The highest BCUT2D eigenvalue weighted by Gasteiger charge is 2.17. The normalized spacial score (nSPS) is 18.5. The zero-order valence-corrected chi connectivity index (χ0v) is 10.2. The average molecular weight is 208 g/mol. The zero-order chi connectivity index (χ0) is 10.9. The molecule has 0 atom stereocenters. The minimum Gasteiger partial charge on any atom is -0.319 e. The largest absolute Gasteiger partial charge is 0.319 e. The number of nitrogens with zero attached hydrogens (tertiary/aromatic N) is 1. The van der Waals surface area contributed by atoms with Crippen molar-refractivity contribution >= 4 is 0 Å². The van der Waals surface area contributed by atoms with Crippen LogP contribution < -0.4 is 5.32 Å². The van der Waals surface area contributed by atoms with Gasteiger partial charge in [-0.25, -0.2) is 0 Å². The van der Waals surface area contributed by atoms with Crippen LogP contribution in [0, 0.1) is 17.8 Å². The van der Waals surface area contributed by atoms with E-state index in [4.69, 9.17) is 0 Å². The topological polar surface area (TPSA) is 15.3 Å². The predicted octanol–water partition coefficient (Wildman–Crippen LogP) is 1.72. The van der Waals surface area contributed by atoms with Crippen molar-refractivity contribution in [2.24, 2.45) is 5.92 Å². The fourth-order valence-electron chi connectivity index (χ4n) is 2.13. The van der Waals surface area contributed by atoms with Crippen LogP contribution in [-0.2, 0) is 0 Å². The summed E-state index contributed by atoms with van der Waals surface area (Å²) in [7, 11) is 2.05. The van der Waals surface area contributed by atoms with Crippen molar-refractivity contribution in [3.8, 4) is 11.8 Å². The van der Waals surface area contributed by atoms with E-state index in [1.54, 1.807) is 0 Å². The summed E-state index contributed by atoms with van der Waals surface area (Å²) in [6.07, 6.45) is 4.73. The van der Waals surface area contributed by atoms with Crippen LogP contribution in [0.5, 0.6) is 0 Å². The molecule has 86 valence electrons. The molecule has 15 heavy (non-hydrogen) atoms. The molecule has 0 aromatic heterocycles. The predicted molar refractivity (Wildman–Crippen MR) is 65.8 cm³/mol. The summed E-state index contributed by atoms with van der Waals surface area (Å²) in [6.45, 7) is 6.99. The molecule has 2 heteroatoms. The van der Waals surface area contributed by atoms with Crippen molar-refractivity contribution in [1.82, 2.24) is 10.2 Å². The molecule has 0 aromatic carbocycles. The highest BCUT2D eigenvalue weighted by atomic mass is 15.1. The summed E-state index contributed by atoms with van der Waals surface area (Å²) in [5.41, 5.74) is 0. The van der Waals surface area contributed by atoms with E-state index in [-0.39, 0.29) is 0 Å². The maximum absolute atomic E-state index is 3.27. The Balaban J connectivity index is 2.09. The number of piperidine rings is 1. The lowest BCUT2D eigenvalue weighted by molar-refractivity contribution is 0.187. The van der Waals surface area contributed by atoms with Gasteiger partial charge in [-0.05, 0) is 45.4 Å². The van der Waals surface area contributed by atoms with Gasteiger partial charge in [-0.1, -0.05) is 6.92 Å². The molecule has 2 nitrogen and oxygen atoms in total. The van der Waals surface area contributed by atoms with E-state index in [9.17, 15) is 0 Å². The van der Waals surface area contributed by atoms with Gasteiger partial charge in [0.15, 0.2) is 0 Å². The first-order valence-electron chi connectivity index (χ1n) is 6.19. The molecule has 0 unspecified atom stereocenters. The molecule has 0 aliphatic carbocycles. The smallest absolute Gasteiger partial charge is 0.0217 e. The maximum atomic E-state index is 3.27. The quantitative estimate of drug-likeness (QED) is 0.708. The molecule has 1 heterocycles. The SMILES string of the molecule is CCC#CCCN1CCC(CNC)CC1. The van der Waals surface area contributed by atoms with E-state index in [2.05, 4.69) is 29.0 Å². The van der Waals surface area contributed by atoms with E-state index in [1.165, 1.54) is 39.0 Å². The first-order chi connectivity index (χ1) is 7.36. The highest BCUT2D eigenvalue weighted by Crippen LogP contribution is 2.15. The van der Waals surface area contributed by atoms with Crippen LogP contribution in [-0.4, -0.2) is 38.1 Å². The molecule has 0 bridgehead atoms. The third-order valence-corrected chi connectivity index (χ3v) is 3.05. The third-order valence-electron chi connectivity index (χ3n) is 3.05. The molecule has 0 amide bonds. The van der Waals surface area contributed by atoms with Crippen molar-refractivity contribution in [3.63, 3.8) is 0 Å². The van der Waals surface area contributed by atoms with Crippen LogP contribution in [0.4, 0.5) is 0 Å². The lowest BCUT2D eigenvalue weighted by atomic mass is 9.97. The molecule has 1 fully saturated rings. The third kappa shape index (κ3) is 5.20. The van der Waals surface area contributed by atoms with Crippen LogP contribution >= 0.6 is 0 Å². The zero-order valence-electron chi connectivity index (χ0n) is 10.2. The Labute approximate surface area is 94.4 Å². The Morgan fingerprint density at radius 2 is 2.00 bits per heavy atom. The van der Waals surface area contributed by atoms with Crippen molar-refractivity contribution in [1.29, 1.82) is 0 Å². The van der Waals surface area contributed by atoms with Gasteiger partial charge in [0.2, 0.25) is 0 Å². The molecule has 1 N–H and O–H groups in total. The molecule has 0 saturated carbocycles. The minimum atomic E-state index is 0.896. The maximum Gasteiger partial charge on any atom is 0.0217 e. The Kier molecular flexibility index (Phi) is 6.47. The molecule has 1 aliphatic rings. The molecule has 0 spiro atoms. The Morgan fingerprint density at radius 3 is 2.60 bits per heavy atom. The lowest BCUT2D eigenvalue weighted by Crippen LogP contribution is -2.37. The van der Waals surface area contributed by atoms with Gasteiger partial charge in [0, 0.05) is 19.4 Å². The monoisotopic (exact) mass is 208 g/mol. The average Bonchev–Trinajstić information content (AvgIpc) is 2.27. The number of likely N-dealkylation sites (tertiary alicyclic amines) is 1. The fourth-order valence-corrected chi connectivity index (χ4v) is 2.13. The molecular weight excluding hydrogens is 184 g/mol. The number of nitrogens with one attached hydrogen (secondary N) is 1. The first kappa shape index (κ1) is 12.5. The minimum absolute atomic E-state index is 0.896. The summed E-state index contributed by atoms with van der Waals surface area (Å²) in [4.78, 5) is 2.55. The van der Waals surface area contributed by atoms with Gasteiger partial charge < -0.3 is 10.2 Å². The van der Waals surface area contributed by atoms with E-state index >= 15 is 0 Å². The standard InChI is InChI=1S/C13H24N2/c1-3-4-5-6-9-15-10-7-13(8-11-15)12-14-2/h13-14H,3,6-12H2,1-2H3. The highest BCUT2D eigenvalue weighted by molar-refractivity contribution is 4.98. The second-order valence-electron chi connectivity index (χ2n) is 4.30. The Bertz CT molecular complexity index is 206. The number of hydrogen-bond donors (Lipinski definition) is 1. The number of rotatable bonds is 4. The lowest BCUT2D eigenvalue weighted by Gasteiger charge is -2.31. The van der Waals surface area contributed by atoms with Crippen LogP contribution in [0.2, 0.25) is 0 Å². The van der Waals surface area contributed by atoms with Gasteiger partial charge in [-0.3, -0.25) is 0 Å². The van der Waals surface area contributed by atoms with Crippen LogP contribution in [0.3, 0.4) is 0 Å². The van der Waals surface area contributed by atoms with Gasteiger partial charge in [-0.2, -0.15) is 0 Å². The molecule has 0 aromatic rings. The van der Waals surface area contributed by atoms with Gasteiger partial charge in [-0.15, -0.1) is 11.8 Å². The summed E-state index contributed by atoms with van der Waals surface area (Å²) in [5.74, 6) is 7.24. The van der Waals surface area contributed by atoms with Gasteiger partial charge in [0.05, 0.1) is 0 Å². The van der Waals surface area contributed by atoms with Crippen LogP contribution in [0.15, 0.2) is 0 Å². The molecule has 0 radical (unpaired) electrons. The van der Waals surface area contributed by atoms with Crippen molar-refractivity contribution in [3.05, 3.63) is 0 Å². The van der Waals surface area contributed by atoms with E-state index in [0.29, 0.717) is 0 Å². The molecule has 1 aliphatic heterocycles. The van der Waals surface area contributed by atoms with Crippen molar-refractivity contribution in [2.45, 2.75) is 32.6 Å². The van der Waals surface area contributed by atoms with E-state index in [1.807, 2.05) is 7.05 Å². The van der Waals surface area contributed by atoms with E-state index < -0.39 is 0 Å². The van der Waals surface area contributed by atoms with E-state index in [0.717, 1.165) is 18.8 Å². The van der Waals surface area contributed by atoms with Gasteiger partial charge in [0.25, 0.3) is 0 Å². The summed E-state index contributed by atoms with van der Waals surface area (Å²) >= 11 is 0. The van der Waals surface area contributed by atoms with Crippen LogP contribution in [0.25, 0.3) is 0 Å².